The molecule has 0 bridgehead atoms. The van der Waals surface area contributed by atoms with Crippen molar-refractivity contribution in [3.05, 3.63) is 82.3 Å². The molecular weight excluding hydrogens is 526 g/mol. The van der Waals surface area contributed by atoms with Crippen LogP contribution in [0.25, 0.3) is 0 Å². The smallest absolute Gasteiger partial charge is 0.228 e. The van der Waals surface area contributed by atoms with E-state index >= 15 is 0 Å². The third-order valence-corrected chi connectivity index (χ3v) is 8.26. The number of aromatic nitrogens is 3. The zero-order valence-electron chi connectivity index (χ0n) is 21.4. The quantitative estimate of drug-likeness (QED) is 0.523. The van der Waals surface area contributed by atoms with Crippen LogP contribution in [-0.4, -0.2) is 57.3 Å². The number of nitrogens with zero attached hydrogens (tertiary/aromatic N) is 6. The predicted octanol–water partition coefficient (Wildman–Crippen LogP) is 3.90. The molecule has 0 spiro atoms. The van der Waals surface area contributed by atoms with Crippen molar-refractivity contribution in [3.63, 3.8) is 0 Å². The molecule has 1 aromatic carbocycles. The van der Waals surface area contributed by atoms with E-state index in [-0.39, 0.29) is 30.6 Å². The number of carbonyl (C=O) groups excluding carboxylic acids is 1. The van der Waals surface area contributed by atoms with Crippen LogP contribution >= 0.6 is 11.6 Å². The Morgan fingerprint density at radius 3 is 2.38 bits per heavy atom. The summed E-state index contributed by atoms with van der Waals surface area (Å²) in [5, 5.41) is 29.3. The van der Waals surface area contributed by atoms with E-state index in [4.69, 9.17) is 16.9 Å². The number of anilines is 1. The monoisotopic (exact) mass is 552 g/mol. The summed E-state index contributed by atoms with van der Waals surface area (Å²) >= 11 is 6.06. The lowest BCUT2D eigenvalue weighted by Gasteiger charge is -2.48. The summed E-state index contributed by atoms with van der Waals surface area (Å²) in [6.45, 7) is 4.93. The van der Waals surface area contributed by atoms with Gasteiger partial charge in [0.15, 0.2) is 23.1 Å². The van der Waals surface area contributed by atoms with E-state index in [1.54, 1.807) is 29.3 Å². The number of rotatable bonds is 4. The third-order valence-electron chi connectivity index (χ3n) is 8.04. The molecule has 8 nitrogen and oxygen atoms in total. The molecule has 2 aromatic heterocycles. The second-order valence-corrected chi connectivity index (χ2v) is 10.8. The second kappa shape index (κ2) is 10.5. The molecule has 202 valence electrons. The Bertz CT molecular complexity index is 1400. The highest BCUT2D eigenvalue weighted by Crippen LogP contribution is 2.43. The molecule has 1 unspecified atom stereocenters. The van der Waals surface area contributed by atoms with Gasteiger partial charge in [-0.15, -0.1) is 10.2 Å². The number of benzene rings is 1. The molecule has 3 aromatic rings. The lowest BCUT2D eigenvalue weighted by Crippen LogP contribution is -2.57. The maximum absolute atomic E-state index is 14.0. The van der Waals surface area contributed by atoms with E-state index in [1.165, 1.54) is 6.07 Å². The molecule has 1 amide bonds. The fourth-order valence-electron chi connectivity index (χ4n) is 5.93. The van der Waals surface area contributed by atoms with Crippen LogP contribution in [0, 0.1) is 40.7 Å². The summed E-state index contributed by atoms with van der Waals surface area (Å²) in [6, 6.07) is 12.2. The van der Waals surface area contributed by atoms with Crippen molar-refractivity contribution in [2.24, 2.45) is 17.8 Å². The standard InChI is InChI=1S/C28H27ClF2N6O2/c1-16-12-37(13-17(2)28(16,39)18-3-6-23(30)24(31)9-18)27(38)22-15-36(26-8-5-20(10-32)34-35-26)14-21(22)25-7-4-19(29)11-33-25/h3-9,11,16-17,21-22,39H,12-15H2,1-2H3/t16-,17+,21-,22-,28?/m1/s1. The first-order valence-electron chi connectivity index (χ1n) is 12.7. The Morgan fingerprint density at radius 2 is 1.79 bits per heavy atom. The maximum Gasteiger partial charge on any atom is 0.228 e. The summed E-state index contributed by atoms with van der Waals surface area (Å²) in [5.41, 5.74) is -0.213. The van der Waals surface area contributed by atoms with Gasteiger partial charge in [0.2, 0.25) is 5.91 Å². The summed E-state index contributed by atoms with van der Waals surface area (Å²) in [7, 11) is 0. The molecule has 1 N–H and O–H groups in total. The largest absolute Gasteiger partial charge is 0.384 e. The topological polar surface area (TPSA) is 106 Å². The zero-order chi connectivity index (χ0) is 27.9. The minimum Gasteiger partial charge on any atom is -0.384 e. The van der Waals surface area contributed by atoms with Gasteiger partial charge in [-0.2, -0.15) is 5.26 Å². The number of likely N-dealkylation sites (tertiary alicyclic amines) is 1. The van der Waals surface area contributed by atoms with Crippen molar-refractivity contribution in [1.82, 2.24) is 20.1 Å². The van der Waals surface area contributed by atoms with Crippen LogP contribution < -0.4 is 4.90 Å². The number of pyridine rings is 1. The van der Waals surface area contributed by atoms with Gasteiger partial charge in [-0.05, 0) is 42.0 Å². The van der Waals surface area contributed by atoms with Gasteiger partial charge in [-0.25, -0.2) is 8.78 Å². The number of aliphatic hydroxyl groups is 1. The van der Waals surface area contributed by atoms with Crippen LogP contribution in [-0.2, 0) is 10.4 Å². The minimum atomic E-state index is -1.43. The van der Waals surface area contributed by atoms with E-state index in [9.17, 15) is 18.7 Å². The van der Waals surface area contributed by atoms with E-state index in [0.717, 1.165) is 17.8 Å². The fraction of sp³-hybridized carbons (Fsp3) is 0.393. The highest BCUT2D eigenvalue weighted by molar-refractivity contribution is 6.30. The molecule has 2 saturated heterocycles. The van der Waals surface area contributed by atoms with Gasteiger partial charge in [0, 0.05) is 55.8 Å². The minimum absolute atomic E-state index is 0.0908. The van der Waals surface area contributed by atoms with Crippen LogP contribution in [0.15, 0.2) is 48.7 Å². The van der Waals surface area contributed by atoms with Crippen LogP contribution in [0.3, 0.4) is 0 Å². The first-order chi connectivity index (χ1) is 18.6. The normalized spacial score (nSPS) is 26.9. The Labute approximate surface area is 229 Å². The van der Waals surface area contributed by atoms with Gasteiger partial charge in [0.25, 0.3) is 0 Å². The average Bonchev–Trinajstić information content (AvgIpc) is 3.38. The molecule has 2 aliphatic rings. The molecule has 5 atom stereocenters. The molecule has 2 aliphatic heterocycles. The molecular formula is C28H27ClF2N6O2. The summed E-state index contributed by atoms with van der Waals surface area (Å²) in [4.78, 5) is 22.2. The Morgan fingerprint density at radius 1 is 1.05 bits per heavy atom. The highest BCUT2D eigenvalue weighted by atomic mass is 35.5. The van der Waals surface area contributed by atoms with Gasteiger partial charge < -0.3 is 14.9 Å². The van der Waals surface area contributed by atoms with Crippen molar-refractivity contribution in [2.75, 3.05) is 31.1 Å². The first-order valence-corrected chi connectivity index (χ1v) is 13.1. The Kier molecular flexibility index (Phi) is 7.23. The molecule has 4 heterocycles. The summed E-state index contributed by atoms with van der Waals surface area (Å²) in [6.07, 6.45) is 1.55. The van der Waals surface area contributed by atoms with Gasteiger partial charge in [-0.1, -0.05) is 31.5 Å². The van der Waals surface area contributed by atoms with Crippen molar-refractivity contribution >= 4 is 23.3 Å². The van der Waals surface area contributed by atoms with Gasteiger partial charge in [-0.3, -0.25) is 9.78 Å². The molecule has 0 saturated carbocycles. The van der Waals surface area contributed by atoms with Gasteiger partial charge in [0.05, 0.1) is 16.5 Å². The van der Waals surface area contributed by atoms with Crippen LogP contribution in [0.4, 0.5) is 14.6 Å². The molecule has 39 heavy (non-hydrogen) atoms. The average molecular weight is 553 g/mol. The molecule has 0 radical (unpaired) electrons. The molecule has 0 aliphatic carbocycles. The first kappa shape index (κ1) is 26.9. The fourth-order valence-corrected chi connectivity index (χ4v) is 6.04. The Balaban J connectivity index is 1.41. The Hall–Kier alpha value is -3.68. The van der Waals surface area contributed by atoms with E-state index in [0.29, 0.717) is 29.5 Å². The SMILES string of the molecule is C[C@@H]1CN(C(=O)[C@@H]2CN(c3ccc(C#N)nn3)C[C@H]2c2ccc(Cl)cn2)C[C@H](C)C1(O)c1ccc(F)c(F)c1. The van der Waals surface area contributed by atoms with E-state index in [1.807, 2.05) is 30.9 Å². The number of halogens is 3. The molecule has 11 heteroatoms. The maximum atomic E-state index is 14.0. The number of hydrogen-bond donors (Lipinski definition) is 1. The number of carbonyl (C=O) groups is 1. The van der Waals surface area contributed by atoms with Crippen LogP contribution in [0.1, 0.15) is 36.7 Å². The lowest BCUT2D eigenvalue weighted by molar-refractivity contribution is -0.152. The summed E-state index contributed by atoms with van der Waals surface area (Å²) < 4.78 is 27.6. The number of amides is 1. The second-order valence-electron chi connectivity index (χ2n) is 10.4. The zero-order valence-corrected chi connectivity index (χ0v) is 22.2. The lowest BCUT2D eigenvalue weighted by atomic mass is 9.70. The third kappa shape index (κ3) is 4.92. The number of piperidine rings is 1. The molecule has 5 rings (SSSR count). The predicted molar refractivity (Wildman–Crippen MR) is 140 cm³/mol. The van der Waals surface area contributed by atoms with Crippen molar-refractivity contribution in [1.29, 1.82) is 5.26 Å². The number of hydrogen-bond acceptors (Lipinski definition) is 7. The van der Waals surface area contributed by atoms with E-state index in [2.05, 4.69) is 15.2 Å². The number of nitriles is 1. The van der Waals surface area contributed by atoms with Crippen LogP contribution in [0.5, 0.6) is 0 Å². The van der Waals surface area contributed by atoms with Crippen molar-refractivity contribution < 1.29 is 18.7 Å². The van der Waals surface area contributed by atoms with Crippen LogP contribution in [0.2, 0.25) is 5.02 Å². The van der Waals surface area contributed by atoms with E-state index < -0.39 is 35.0 Å². The molecule has 2 fully saturated rings. The van der Waals surface area contributed by atoms with Crippen molar-refractivity contribution in [3.8, 4) is 6.07 Å². The van der Waals surface area contributed by atoms with Gasteiger partial charge in [0.1, 0.15) is 6.07 Å². The van der Waals surface area contributed by atoms with Gasteiger partial charge >= 0.3 is 0 Å². The van der Waals surface area contributed by atoms with Crippen molar-refractivity contribution in [2.45, 2.75) is 25.4 Å². The highest BCUT2D eigenvalue weighted by Gasteiger charge is 2.49. The summed E-state index contributed by atoms with van der Waals surface area (Å²) in [5.74, 6) is -3.14.